The molecule has 0 atom stereocenters. The first-order valence-electron chi connectivity index (χ1n) is 7.50. The number of carbonyl (C=O) groups excluding carboxylic acids is 1. The zero-order valence-electron chi connectivity index (χ0n) is 13.2. The van der Waals surface area contributed by atoms with Crippen LogP contribution in [-0.2, 0) is 11.2 Å². The standard InChI is InChI=1S/C19H18N2O2/c1-13-7-6-10-17(14(13)2)20-19(22)12-16-11-18(23-21-16)15-8-4-3-5-9-15/h3-11H,12H2,1-2H3,(H,20,22). The van der Waals surface area contributed by atoms with Crippen LogP contribution in [0.15, 0.2) is 59.1 Å². The molecule has 116 valence electrons. The van der Waals surface area contributed by atoms with E-state index >= 15 is 0 Å². The van der Waals surface area contributed by atoms with Crippen molar-refractivity contribution in [2.75, 3.05) is 5.32 Å². The van der Waals surface area contributed by atoms with Crippen LogP contribution in [0.5, 0.6) is 0 Å². The Kier molecular flexibility index (Phi) is 4.24. The number of anilines is 1. The molecule has 0 saturated carbocycles. The number of rotatable bonds is 4. The van der Waals surface area contributed by atoms with E-state index in [1.54, 1.807) is 6.07 Å². The van der Waals surface area contributed by atoms with Gasteiger partial charge in [-0.25, -0.2) is 0 Å². The van der Waals surface area contributed by atoms with E-state index in [0.717, 1.165) is 22.4 Å². The van der Waals surface area contributed by atoms with Crippen LogP contribution in [0.1, 0.15) is 16.8 Å². The van der Waals surface area contributed by atoms with E-state index in [-0.39, 0.29) is 12.3 Å². The lowest BCUT2D eigenvalue weighted by Crippen LogP contribution is -2.15. The van der Waals surface area contributed by atoms with Gasteiger partial charge in [0, 0.05) is 17.3 Å². The van der Waals surface area contributed by atoms with Crippen molar-refractivity contribution < 1.29 is 9.32 Å². The second kappa shape index (κ2) is 6.48. The van der Waals surface area contributed by atoms with Gasteiger partial charge in [0.1, 0.15) is 0 Å². The van der Waals surface area contributed by atoms with E-state index in [9.17, 15) is 4.79 Å². The molecule has 0 spiro atoms. The lowest BCUT2D eigenvalue weighted by atomic mass is 10.1. The van der Waals surface area contributed by atoms with E-state index in [4.69, 9.17) is 4.52 Å². The van der Waals surface area contributed by atoms with Crippen LogP contribution in [0.2, 0.25) is 0 Å². The molecule has 1 heterocycles. The molecule has 0 unspecified atom stereocenters. The van der Waals surface area contributed by atoms with Crippen molar-refractivity contribution in [1.82, 2.24) is 5.16 Å². The first kappa shape index (κ1) is 15.0. The summed E-state index contributed by atoms with van der Waals surface area (Å²) >= 11 is 0. The number of benzene rings is 2. The average Bonchev–Trinajstić information content (AvgIpc) is 3.01. The zero-order chi connectivity index (χ0) is 16.2. The highest BCUT2D eigenvalue weighted by atomic mass is 16.5. The summed E-state index contributed by atoms with van der Waals surface area (Å²) in [5.41, 5.74) is 4.62. The third-order valence-electron chi connectivity index (χ3n) is 3.84. The minimum absolute atomic E-state index is 0.105. The summed E-state index contributed by atoms with van der Waals surface area (Å²) in [6.45, 7) is 4.02. The summed E-state index contributed by atoms with van der Waals surface area (Å²) < 4.78 is 5.31. The molecule has 23 heavy (non-hydrogen) atoms. The monoisotopic (exact) mass is 306 g/mol. The Bertz CT molecular complexity index is 822. The van der Waals surface area contributed by atoms with Gasteiger partial charge >= 0.3 is 0 Å². The number of nitrogens with zero attached hydrogens (tertiary/aromatic N) is 1. The van der Waals surface area contributed by atoms with E-state index < -0.39 is 0 Å². The number of hydrogen-bond donors (Lipinski definition) is 1. The quantitative estimate of drug-likeness (QED) is 0.788. The summed E-state index contributed by atoms with van der Waals surface area (Å²) in [6.07, 6.45) is 0.184. The highest BCUT2D eigenvalue weighted by Crippen LogP contribution is 2.21. The van der Waals surface area contributed by atoms with Crippen LogP contribution >= 0.6 is 0 Å². The van der Waals surface area contributed by atoms with Gasteiger partial charge in [-0.15, -0.1) is 0 Å². The molecule has 2 aromatic carbocycles. The largest absolute Gasteiger partial charge is 0.356 e. The number of aryl methyl sites for hydroxylation is 1. The molecule has 1 amide bonds. The Hall–Kier alpha value is -2.88. The topological polar surface area (TPSA) is 55.1 Å². The molecule has 0 saturated heterocycles. The van der Waals surface area contributed by atoms with Gasteiger partial charge < -0.3 is 9.84 Å². The molecule has 0 fully saturated rings. The number of aromatic nitrogens is 1. The summed E-state index contributed by atoms with van der Waals surface area (Å²) in [6, 6.07) is 17.4. The summed E-state index contributed by atoms with van der Waals surface area (Å²) in [7, 11) is 0. The predicted molar refractivity (Wildman–Crippen MR) is 90.2 cm³/mol. The molecule has 1 N–H and O–H groups in total. The molecule has 0 aliphatic heterocycles. The van der Waals surface area contributed by atoms with Crippen molar-refractivity contribution in [3.8, 4) is 11.3 Å². The maximum atomic E-state index is 12.2. The minimum atomic E-state index is -0.105. The number of nitrogens with one attached hydrogen (secondary N) is 1. The first-order chi connectivity index (χ1) is 11.1. The lowest BCUT2D eigenvalue weighted by molar-refractivity contribution is -0.115. The maximum absolute atomic E-state index is 12.2. The van der Waals surface area contributed by atoms with Gasteiger partial charge in [-0.05, 0) is 31.0 Å². The molecule has 4 nitrogen and oxygen atoms in total. The van der Waals surface area contributed by atoms with Crippen molar-refractivity contribution >= 4 is 11.6 Å². The second-order valence-corrected chi connectivity index (χ2v) is 5.52. The Balaban J connectivity index is 1.69. The van der Waals surface area contributed by atoms with Crippen molar-refractivity contribution in [2.24, 2.45) is 0 Å². The third-order valence-corrected chi connectivity index (χ3v) is 3.84. The van der Waals surface area contributed by atoms with E-state index in [2.05, 4.69) is 10.5 Å². The van der Waals surface area contributed by atoms with Crippen LogP contribution < -0.4 is 5.32 Å². The Labute approximate surface area is 135 Å². The van der Waals surface area contributed by atoms with Crippen molar-refractivity contribution in [3.63, 3.8) is 0 Å². The molecule has 0 bridgehead atoms. The summed E-state index contributed by atoms with van der Waals surface area (Å²) in [5, 5.41) is 6.91. The predicted octanol–water partition coefficient (Wildman–Crippen LogP) is 4.14. The molecule has 3 rings (SSSR count). The highest BCUT2D eigenvalue weighted by molar-refractivity contribution is 5.93. The summed E-state index contributed by atoms with van der Waals surface area (Å²) in [4.78, 5) is 12.2. The fourth-order valence-corrected chi connectivity index (χ4v) is 2.38. The zero-order valence-corrected chi connectivity index (χ0v) is 13.2. The Morgan fingerprint density at radius 1 is 1.09 bits per heavy atom. The molecule has 4 heteroatoms. The van der Waals surface area contributed by atoms with Gasteiger partial charge in [0.2, 0.25) is 5.91 Å². The van der Waals surface area contributed by atoms with Crippen molar-refractivity contribution in [1.29, 1.82) is 0 Å². The fourth-order valence-electron chi connectivity index (χ4n) is 2.38. The van der Waals surface area contributed by atoms with Crippen molar-refractivity contribution in [2.45, 2.75) is 20.3 Å². The van der Waals surface area contributed by atoms with E-state index in [0.29, 0.717) is 11.5 Å². The molecule has 0 aliphatic carbocycles. The van der Waals surface area contributed by atoms with Gasteiger partial charge in [-0.3, -0.25) is 4.79 Å². The van der Waals surface area contributed by atoms with Crippen LogP contribution in [0.3, 0.4) is 0 Å². The van der Waals surface area contributed by atoms with Crippen LogP contribution in [0.4, 0.5) is 5.69 Å². The lowest BCUT2D eigenvalue weighted by Gasteiger charge is -2.09. The SMILES string of the molecule is Cc1cccc(NC(=O)Cc2cc(-c3ccccc3)on2)c1C. The normalized spacial score (nSPS) is 10.5. The van der Waals surface area contributed by atoms with E-state index in [1.807, 2.05) is 62.4 Å². The Morgan fingerprint density at radius 2 is 1.87 bits per heavy atom. The first-order valence-corrected chi connectivity index (χ1v) is 7.50. The van der Waals surface area contributed by atoms with Crippen LogP contribution in [-0.4, -0.2) is 11.1 Å². The fraction of sp³-hybridized carbons (Fsp3) is 0.158. The van der Waals surface area contributed by atoms with Gasteiger partial charge in [0.05, 0.1) is 12.1 Å². The smallest absolute Gasteiger partial charge is 0.230 e. The number of carbonyl (C=O) groups is 1. The van der Waals surface area contributed by atoms with Crippen LogP contribution in [0, 0.1) is 13.8 Å². The maximum Gasteiger partial charge on any atom is 0.230 e. The van der Waals surface area contributed by atoms with Crippen LogP contribution in [0.25, 0.3) is 11.3 Å². The van der Waals surface area contributed by atoms with Gasteiger partial charge in [0.15, 0.2) is 5.76 Å². The number of hydrogen-bond acceptors (Lipinski definition) is 3. The molecule has 0 radical (unpaired) electrons. The minimum Gasteiger partial charge on any atom is -0.356 e. The molecular weight excluding hydrogens is 288 g/mol. The molecular formula is C19H18N2O2. The van der Waals surface area contributed by atoms with Gasteiger partial charge in [-0.2, -0.15) is 0 Å². The second-order valence-electron chi connectivity index (χ2n) is 5.52. The average molecular weight is 306 g/mol. The summed E-state index contributed by atoms with van der Waals surface area (Å²) in [5.74, 6) is 0.562. The highest BCUT2D eigenvalue weighted by Gasteiger charge is 2.12. The Morgan fingerprint density at radius 3 is 2.65 bits per heavy atom. The molecule has 1 aromatic heterocycles. The van der Waals surface area contributed by atoms with Crippen molar-refractivity contribution in [3.05, 3.63) is 71.4 Å². The number of amides is 1. The molecule has 0 aliphatic rings. The van der Waals surface area contributed by atoms with E-state index in [1.165, 1.54) is 0 Å². The third kappa shape index (κ3) is 3.48. The van der Waals surface area contributed by atoms with Gasteiger partial charge in [0.25, 0.3) is 0 Å². The van der Waals surface area contributed by atoms with Gasteiger partial charge in [-0.1, -0.05) is 47.6 Å². The molecule has 3 aromatic rings.